The van der Waals surface area contributed by atoms with E-state index in [9.17, 15) is 9.50 Å². The molecule has 0 aliphatic heterocycles. The van der Waals surface area contributed by atoms with Gasteiger partial charge in [0.1, 0.15) is 5.82 Å². The summed E-state index contributed by atoms with van der Waals surface area (Å²) in [4.78, 5) is 5.42. The van der Waals surface area contributed by atoms with E-state index in [2.05, 4.69) is 4.99 Å². The van der Waals surface area contributed by atoms with Crippen molar-refractivity contribution in [2.45, 2.75) is 6.54 Å². The molecule has 0 spiro atoms. The van der Waals surface area contributed by atoms with Crippen molar-refractivity contribution in [2.24, 2.45) is 4.99 Å². The second-order valence-electron chi connectivity index (χ2n) is 4.73. The predicted octanol–water partition coefficient (Wildman–Crippen LogP) is 0.584. The standard InChI is InChI=1S/C17H15FN2OS.BrH/c18-14-8-6-13(7-9-14)16-12-22-17(20(16)10-11-21)19-15-4-2-1-3-5-15;/h1-9,12,21H,10-11H2;1H/p-1. The topological polar surface area (TPSA) is 37.5 Å². The summed E-state index contributed by atoms with van der Waals surface area (Å²) >= 11 is 1.50. The Morgan fingerprint density at radius 2 is 1.74 bits per heavy atom. The lowest BCUT2D eigenvalue weighted by molar-refractivity contribution is -0.00000608. The fourth-order valence-electron chi connectivity index (χ4n) is 2.20. The van der Waals surface area contributed by atoms with E-state index in [1.807, 2.05) is 40.3 Å². The fourth-order valence-corrected chi connectivity index (χ4v) is 3.15. The van der Waals surface area contributed by atoms with E-state index in [0.29, 0.717) is 6.54 Å². The van der Waals surface area contributed by atoms with Crippen LogP contribution >= 0.6 is 11.3 Å². The normalized spacial score (nSPS) is 11.3. The number of hydrogen-bond donors (Lipinski definition) is 1. The molecule has 0 amide bonds. The lowest BCUT2D eigenvalue weighted by Gasteiger charge is -2.07. The van der Waals surface area contributed by atoms with Crippen molar-refractivity contribution in [3.8, 4) is 11.3 Å². The van der Waals surface area contributed by atoms with Gasteiger partial charge < -0.3 is 26.7 Å². The van der Waals surface area contributed by atoms with Crippen LogP contribution < -0.4 is 21.8 Å². The molecule has 1 aromatic heterocycles. The number of hydrogen-bond acceptors (Lipinski definition) is 3. The number of aliphatic hydroxyl groups is 1. The lowest BCUT2D eigenvalue weighted by atomic mass is 10.2. The zero-order valence-corrected chi connectivity index (χ0v) is 14.6. The first-order valence-electron chi connectivity index (χ1n) is 6.93. The number of benzene rings is 2. The van der Waals surface area contributed by atoms with Crippen LogP contribution in [0.4, 0.5) is 10.1 Å². The van der Waals surface area contributed by atoms with Crippen LogP contribution in [-0.2, 0) is 6.54 Å². The van der Waals surface area contributed by atoms with Crippen LogP contribution in [0.5, 0.6) is 0 Å². The summed E-state index contributed by atoms with van der Waals surface area (Å²) in [5.74, 6) is -0.262. The van der Waals surface area contributed by atoms with Gasteiger partial charge in [-0.1, -0.05) is 18.2 Å². The molecule has 0 atom stereocenters. The van der Waals surface area contributed by atoms with E-state index in [0.717, 1.165) is 21.7 Å². The molecule has 6 heteroatoms. The van der Waals surface area contributed by atoms with E-state index in [1.165, 1.54) is 23.5 Å². The average molecular weight is 394 g/mol. The zero-order chi connectivity index (χ0) is 15.4. The summed E-state index contributed by atoms with van der Waals surface area (Å²) in [6, 6.07) is 16.0. The number of rotatable bonds is 4. The monoisotopic (exact) mass is 393 g/mol. The van der Waals surface area contributed by atoms with Gasteiger partial charge in [0.2, 0.25) is 0 Å². The molecular weight excluding hydrogens is 379 g/mol. The molecule has 1 heterocycles. The summed E-state index contributed by atoms with van der Waals surface area (Å²) in [5, 5.41) is 11.3. The molecule has 3 aromatic rings. The van der Waals surface area contributed by atoms with E-state index in [-0.39, 0.29) is 29.4 Å². The first kappa shape index (κ1) is 17.6. The van der Waals surface area contributed by atoms with Gasteiger partial charge in [0.05, 0.1) is 18.0 Å². The third-order valence-corrected chi connectivity index (χ3v) is 4.11. The minimum Gasteiger partial charge on any atom is -1.00 e. The molecule has 120 valence electrons. The smallest absolute Gasteiger partial charge is 0.190 e. The highest BCUT2D eigenvalue weighted by molar-refractivity contribution is 7.07. The Hall–Kier alpha value is -1.76. The van der Waals surface area contributed by atoms with Crippen molar-refractivity contribution in [1.82, 2.24) is 4.57 Å². The van der Waals surface area contributed by atoms with E-state index in [1.54, 1.807) is 12.1 Å². The molecule has 23 heavy (non-hydrogen) atoms. The summed E-state index contributed by atoms with van der Waals surface area (Å²) in [6.07, 6.45) is 0. The van der Waals surface area contributed by atoms with Crippen molar-refractivity contribution < 1.29 is 26.5 Å². The average Bonchev–Trinajstić information content (AvgIpc) is 2.92. The quantitative estimate of drug-likeness (QED) is 0.691. The first-order chi connectivity index (χ1) is 10.8. The number of aromatic nitrogens is 1. The van der Waals surface area contributed by atoms with Gasteiger partial charge in [0, 0.05) is 11.9 Å². The highest BCUT2D eigenvalue weighted by Crippen LogP contribution is 2.21. The Morgan fingerprint density at radius 3 is 2.39 bits per heavy atom. The molecule has 1 N–H and O–H groups in total. The molecule has 0 aliphatic rings. The predicted molar refractivity (Wildman–Crippen MR) is 86.5 cm³/mol. The van der Waals surface area contributed by atoms with Crippen LogP contribution in [0.15, 0.2) is 65.0 Å². The maximum absolute atomic E-state index is 13.1. The molecule has 0 aliphatic carbocycles. The minimum absolute atomic E-state index is 0. The first-order valence-corrected chi connectivity index (χ1v) is 7.81. The third-order valence-electron chi connectivity index (χ3n) is 3.24. The zero-order valence-electron chi connectivity index (χ0n) is 12.2. The maximum Gasteiger partial charge on any atom is 0.190 e. The Morgan fingerprint density at radius 1 is 1.04 bits per heavy atom. The van der Waals surface area contributed by atoms with E-state index < -0.39 is 0 Å². The van der Waals surface area contributed by atoms with Crippen molar-refractivity contribution >= 4 is 17.0 Å². The number of thiazole rings is 1. The molecule has 0 radical (unpaired) electrons. The van der Waals surface area contributed by atoms with E-state index >= 15 is 0 Å². The van der Waals surface area contributed by atoms with Crippen LogP contribution in [0.1, 0.15) is 0 Å². The largest absolute Gasteiger partial charge is 1.00 e. The second kappa shape index (κ2) is 8.19. The van der Waals surface area contributed by atoms with Crippen molar-refractivity contribution in [1.29, 1.82) is 0 Å². The van der Waals surface area contributed by atoms with Crippen molar-refractivity contribution in [3.05, 3.63) is 70.6 Å². The van der Waals surface area contributed by atoms with Gasteiger partial charge in [0.25, 0.3) is 0 Å². The van der Waals surface area contributed by atoms with Crippen molar-refractivity contribution in [3.63, 3.8) is 0 Å². The van der Waals surface area contributed by atoms with Gasteiger partial charge >= 0.3 is 0 Å². The van der Waals surface area contributed by atoms with Crippen LogP contribution in [-0.4, -0.2) is 16.3 Å². The lowest BCUT2D eigenvalue weighted by Crippen LogP contribution is -3.00. The van der Waals surface area contributed by atoms with Crippen LogP contribution in [0.2, 0.25) is 0 Å². The van der Waals surface area contributed by atoms with Crippen LogP contribution in [0.25, 0.3) is 11.3 Å². The summed E-state index contributed by atoms with van der Waals surface area (Å²) in [5.41, 5.74) is 2.69. The second-order valence-corrected chi connectivity index (χ2v) is 5.57. The molecule has 0 fully saturated rings. The minimum atomic E-state index is -0.262. The summed E-state index contributed by atoms with van der Waals surface area (Å²) in [7, 11) is 0. The Balaban J connectivity index is 0.00000192. The van der Waals surface area contributed by atoms with Gasteiger partial charge in [0.15, 0.2) is 4.80 Å². The maximum atomic E-state index is 13.1. The molecule has 0 unspecified atom stereocenters. The van der Waals surface area contributed by atoms with Gasteiger partial charge in [-0.05, 0) is 42.0 Å². The number of halogens is 2. The fraction of sp³-hybridized carbons (Fsp3) is 0.118. The molecule has 3 rings (SSSR count). The van der Waals surface area contributed by atoms with Gasteiger partial charge in [-0.2, -0.15) is 0 Å². The molecule has 0 bridgehead atoms. The van der Waals surface area contributed by atoms with Crippen LogP contribution in [0.3, 0.4) is 0 Å². The van der Waals surface area contributed by atoms with Gasteiger partial charge in [-0.3, -0.25) is 0 Å². The Labute approximate surface area is 148 Å². The van der Waals surface area contributed by atoms with Crippen LogP contribution in [0, 0.1) is 5.82 Å². The van der Waals surface area contributed by atoms with Gasteiger partial charge in [-0.25, -0.2) is 9.38 Å². The molecule has 2 aromatic carbocycles. The SMILES string of the molecule is OCCn1c(-c2ccc(F)cc2)csc1=Nc1ccccc1.[Br-]. The Bertz CT molecular complexity index is 813. The molecule has 3 nitrogen and oxygen atoms in total. The van der Waals surface area contributed by atoms with E-state index in [4.69, 9.17) is 0 Å². The summed E-state index contributed by atoms with van der Waals surface area (Å²) < 4.78 is 15.0. The number of nitrogens with zero attached hydrogens (tertiary/aromatic N) is 2. The number of aliphatic hydroxyl groups excluding tert-OH is 1. The number of para-hydroxylation sites is 1. The highest BCUT2D eigenvalue weighted by atomic mass is 79.9. The molecular formula is C17H15BrFN2OS-. The Kier molecular flexibility index (Phi) is 6.27. The summed E-state index contributed by atoms with van der Waals surface area (Å²) in [6.45, 7) is 0.467. The third kappa shape index (κ3) is 4.16. The molecule has 0 saturated heterocycles. The van der Waals surface area contributed by atoms with Gasteiger partial charge in [-0.15, -0.1) is 11.3 Å². The molecule has 0 saturated carbocycles. The van der Waals surface area contributed by atoms with Crippen molar-refractivity contribution in [2.75, 3.05) is 6.61 Å². The highest BCUT2D eigenvalue weighted by Gasteiger charge is 2.08.